The van der Waals surface area contributed by atoms with E-state index in [9.17, 15) is 13.6 Å². The van der Waals surface area contributed by atoms with Gasteiger partial charge in [-0.15, -0.1) is 0 Å². The van der Waals surface area contributed by atoms with E-state index in [1.165, 1.54) is 6.42 Å². The van der Waals surface area contributed by atoms with E-state index >= 15 is 0 Å². The SMILES string of the molecule is CCCNc1c(F)cc(C(=O)N(C)CC2CCC2)cc1F. The van der Waals surface area contributed by atoms with E-state index in [1.54, 1.807) is 11.9 Å². The van der Waals surface area contributed by atoms with Gasteiger partial charge in [0.15, 0.2) is 0 Å². The first-order valence-electron chi connectivity index (χ1n) is 7.51. The Morgan fingerprint density at radius 3 is 2.43 bits per heavy atom. The lowest BCUT2D eigenvalue weighted by atomic mass is 9.85. The molecular formula is C16H22F2N2O. The molecule has 0 unspecified atom stereocenters. The highest BCUT2D eigenvalue weighted by atomic mass is 19.1. The summed E-state index contributed by atoms with van der Waals surface area (Å²) in [5.74, 6) is -1.24. The van der Waals surface area contributed by atoms with Crippen LogP contribution in [0.1, 0.15) is 43.0 Å². The lowest BCUT2D eigenvalue weighted by molar-refractivity contribution is 0.0744. The average Bonchev–Trinajstić information content (AvgIpc) is 2.40. The van der Waals surface area contributed by atoms with Crippen LogP contribution in [0.2, 0.25) is 0 Å². The van der Waals surface area contributed by atoms with Crippen molar-refractivity contribution < 1.29 is 13.6 Å². The van der Waals surface area contributed by atoms with Gasteiger partial charge in [0.1, 0.15) is 17.3 Å². The molecule has 0 bridgehead atoms. The highest BCUT2D eigenvalue weighted by Gasteiger charge is 2.23. The smallest absolute Gasteiger partial charge is 0.253 e. The molecule has 21 heavy (non-hydrogen) atoms. The Bertz CT molecular complexity index is 492. The molecule has 1 aromatic carbocycles. The highest BCUT2D eigenvalue weighted by Crippen LogP contribution is 2.27. The molecule has 1 aromatic rings. The third-order valence-corrected chi connectivity index (χ3v) is 3.94. The number of nitrogens with one attached hydrogen (secondary N) is 1. The monoisotopic (exact) mass is 296 g/mol. The first-order chi connectivity index (χ1) is 10.0. The molecule has 0 spiro atoms. The van der Waals surface area contributed by atoms with Gasteiger partial charge in [0.05, 0.1) is 0 Å². The number of carbonyl (C=O) groups excluding carboxylic acids is 1. The Morgan fingerprint density at radius 1 is 1.33 bits per heavy atom. The van der Waals surface area contributed by atoms with Crippen molar-refractivity contribution in [2.24, 2.45) is 5.92 Å². The minimum Gasteiger partial charge on any atom is -0.380 e. The maximum Gasteiger partial charge on any atom is 0.253 e. The van der Waals surface area contributed by atoms with E-state index in [4.69, 9.17) is 0 Å². The second-order valence-electron chi connectivity index (χ2n) is 5.72. The zero-order valence-electron chi connectivity index (χ0n) is 12.6. The van der Waals surface area contributed by atoms with Gasteiger partial charge in [-0.05, 0) is 37.3 Å². The first kappa shape index (κ1) is 15.7. The molecule has 0 atom stereocenters. The molecule has 0 saturated heterocycles. The second kappa shape index (κ2) is 6.87. The Morgan fingerprint density at radius 2 is 1.95 bits per heavy atom. The molecule has 3 nitrogen and oxygen atoms in total. The van der Waals surface area contributed by atoms with Gasteiger partial charge in [0.25, 0.3) is 5.91 Å². The number of halogens is 2. The van der Waals surface area contributed by atoms with E-state index in [2.05, 4.69) is 5.32 Å². The van der Waals surface area contributed by atoms with Crippen LogP contribution in [0.15, 0.2) is 12.1 Å². The summed E-state index contributed by atoms with van der Waals surface area (Å²) in [5.41, 5.74) is -0.0936. The molecule has 2 rings (SSSR count). The maximum atomic E-state index is 13.9. The number of amides is 1. The van der Waals surface area contributed by atoms with Crippen molar-refractivity contribution in [3.8, 4) is 0 Å². The van der Waals surface area contributed by atoms with E-state index in [0.29, 0.717) is 19.0 Å². The molecule has 1 amide bonds. The molecule has 1 aliphatic rings. The summed E-state index contributed by atoms with van der Waals surface area (Å²) < 4.78 is 27.8. The van der Waals surface area contributed by atoms with Gasteiger partial charge in [-0.2, -0.15) is 0 Å². The predicted molar refractivity (Wildman–Crippen MR) is 79.4 cm³/mol. The number of rotatable bonds is 6. The standard InChI is InChI=1S/C16H22F2N2O/c1-3-7-19-15-13(17)8-12(9-14(15)18)16(21)20(2)10-11-5-4-6-11/h8-9,11,19H,3-7,10H2,1-2H3. The Kier molecular flexibility index (Phi) is 5.15. The van der Waals surface area contributed by atoms with Crippen molar-refractivity contribution >= 4 is 11.6 Å². The van der Waals surface area contributed by atoms with E-state index in [0.717, 1.165) is 31.4 Å². The molecule has 5 heteroatoms. The summed E-state index contributed by atoms with van der Waals surface area (Å²) in [6.07, 6.45) is 4.22. The number of anilines is 1. The van der Waals surface area contributed by atoms with Crippen molar-refractivity contribution in [2.45, 2.75) is 32.6 Å². The van der Waals surface area contributed by atoms with Crippen molar-refractivity contribution in [1.82, 2.24) is 4.90 Å². The van der Waals surface area contributed by atoms with Crippen molar-refractivity contribution in [3.63, 3.8) is 0 Å². The van der Waals surface area contributed by atoms with Gasteiger partial charge in [0, 0.05) is 25.7 Å². The summed E-state index contributed by atoms with van der Waals surface area (Å²) in [7, 11) is 1.68. The number of hydrogen-bond acceptors (Lipinski definition) is 2. The number of nitrogens with zero attached hydrogens (tertiary/aromatic N) is 1. The lowest BCUT2D eigenvalue weighted by Crippen LogP contribution is -2.34. The van der Waals surface area contributed by atoms with E-state index in [1.807, 2.05) is 6.92 Å². The molecule has 0 aliphatic heterocycles. The summed E-state index contributed by atoms with van der Waals surface area (Å²) in [6.45, 7) is 3.05. The van der Waals surface area contributed by atoms with Gasteiger partial charge in [-0.1, -0.05) is 13.3 Å². The van der Waals surface area contributed by atoms with E-state index < -0.39 is 11.6 Å². The van der Waals surface area contributed by atoms with Crippen LogP contribution in [0, 0.1) is 17.6 Å². The zero-order valence-corrected chi connectivity index (χ0v) is 12.6. The third-order valence-electron chi connectivity index (χ3n) is 3.94. The molecule has 1 fully saturated rings. The Hall–Kier alpha value is -1.65. The van der Waals surface area contributed by atoms with Crippen LogP contribution >= 0.6 is 0 Å². The fraction of sp³-hybridized carbons (Fsp3) is 0.562. The largest absolute Gasteiger partial charge is 0.380 e. The fourth-order valence-corrected chi connectivity index (χ4v) is 2.48. The van der Waals surface area contributed by atoms with Gasteiger partial charge >= 0.3 is 0 Å². The van der Waals surface area contributed by atoms with Crippen LogP contribution in [0.3, 0.4) is 0 Å². The van der Waals surface area contributed by atoms with Crippen molar-refractivity contribution in [1.29, 1.82) is 0 Å². The molecule has 0 aromatic heterocycles. The molecule has 0 heterocycles. The minimum atomic E-state index is -0.719. The van der Waals surface area contributed by atoms with Crippen molar-refractivity contribution in [3.05, 3.63) is 29.3 Å². The molecule has 0 radical (unpaired) electrons. The van der Waals surface area contributed by atoms with Gasteiger partial charge in [0.2, 0.25) is 0 Å². The predicted octanol–water partition coefficient (Wildman–Crippen LogP) is 3.66. The van der Waals surface area contributed by atoms with Crippen LogP contribution in [0.4, 0.5) is 14.5 Å². The van der Waals surface area contributed by atoms with Gasteiger partial charge in [-0.3, -0.25) is 4.79 Å². The minimum absolute atomic E-state index is 0.0638. The quantitative estimate of drug-likeness (QED) is 0.869. The normalized spacial score (nSPS) is 14.7. The molecule has 1 aliphatic carbocycles. The molecule has 1 N–H and O–H groups in total. The second-order valence-corrected chi connectivity index (χ2v) is 5.72. The van der Waals surface area contributed by atoms with E-state index in [-0.39, 0.29) is 17.2 Å². The highest BCUT2D eigenvalue weighted by molar-refractivity contribution is 5.94. The lowest BCUT2D eigenvalue weighted by Gasteiger charge is -2.30. The summed E-state index contributed by atoms with van der Waals surface area (Å²) >= 11 is 0. The average molecular weight is 296 g/mol. The Labute approximate surface area is 124 Å². The number of benzene rings is 1. The van der Waals surface area contributed by atoms with Gasteiger partial charge in [-0.25, -0.2) is 8.78 Å². The number of hydrogen-bond donors (Lipinski definition) is 1. The van der Waals surface area contributed by atoms with Gasteiger partial charge < -0.3 is 10.2 Å². The summed E-state index contributed by atoms with van der Waals surface area (Å²) in [4.78, 5) is 13.8. The maximum absolute atomic E-state index is 13.9. The van der Waals surface area contributed by atoms with Crippen LogP contribution < -0.4 is 5.32 Å². The molecular weight excluding hydrogens is 274 g/mol. The topological polar surface area (TPSA) is 32.3 Å². The van der Waals surface area contributed by atoms with Crippen LogP contribution in [0.25, 0.3) is 0 Å². The molecule has 1 saturated carbocycles. The fourth-order valence-electron chi connectivity index (χ4n) is 2.48. The Balaban J connectivity index is 2.10. The first-order valence-corrected chi connectivity index (χ1v) is 7.51. The van der Waals surface area contributed by atoms with Crippen molar-refractivity contribution in [2.75, 3.05) is 25.5 Å². The van der Waals surface area contributed by atoms with Crippen LogP contribution in [0.5, 0.6) is 0 Å². The summed E-state index contributed by atoms with van der Waals surface area (Å²) in [6, 6.07) is 2.22. The third kappa shape index (κ3) is 3.71. The number of carbonyl (C=O) groups is 1. The van der Waals surface area contributed by atoms with Crippen LogP contribution in [-0.2, 0) is 0 Å². The zero-order chi connectivity index (χ0) is 15.4. The summed E-state index contributed by atoms with van der Waals surface area (Å²) in [5, 5.41) is 2.70. The molecule has 116 valence electrons. The van der Waals surface area contributed by atoms with Crippen LogP contribution in [-0.4, -0.2) is 30.9 Å².